The highest BCUT2D eigenvalue weighted by Crippen LogP contribution is 2.33. The standard InChI is InChI=1S/C20H24N2O4S/c1-14(23)13-20(16-5-9-18(10-6-16)22(3)4)27(25,26)19-11-7-17(8-12-19)21-15(2)24/h5-12,20H,13H2,1-4H3,(H,21,24). The van der Waals surface area contributed by atoms with Gasteiger partial charge >= 0.3 is 0 Å². The van der Waals surface area contributed by atoms with E-state index < -0.39 is 15.1 Å². The van der Waals surface area contributed by atoms with Crippen LogP contribution in [-0.2, 0) is 19.4 Å². The Labute approximate surface area is 160 Å². The lowest BCUT2D eigenvalue weighted by atomic mass is 10.1. The van der Waals surface area contributed by atoms with E-state index in [1.54, 1.807) is 12.1 Å². The molecule has 0 aliphatic rings. The third kappa shape index (κ3) is 5.17. The van der Waals surface area contributed by atoms with Gasteiger partial charge in [-0.1, -0.05) is 12.1 Å². The summed E-state index contributed by atoms with van der Waals surface area (Å²) in [5.74, 6) is -0.434. The second kappa shape index (κ2) is 8.35. The molecule has 0 bridgehead atoms. The average Bonchev–Trinajstić information content (AvgIpc) is 2.59. The van der Waals surface area contributed by atoms with Gasteiger partial charge < -0.3 is 10.2 Å². The third-order valence-electron chi connectivity index (χ3n) is 4.13. The van der Waals surface area contributed by atoms with Crippen LogP contribution in [-0.4, -0.2) is 34.2 Å². The molecule has 1 unspecified atom stereocenters. The lowest BCUT2D eigenvalue weighted by molar-refractivity contribution is -0.117. The topological polar surface area (TPSA) is 83.6 Å². The summed E-state index contributed by atoms with van der Waals surface area (Å²) < 4.78 is 26.3. The number of rotatable bonds is 7. The van der Waals surface area contributed by atoms with Gasteiger partial charge in [0.05, 0.1) is 10.1 Å². The predicted octanol–water partition coefficient (Wildman–Crippen LogP) is 3.21. The molecule has 1 N–H and O–H groups in total. The zero-order valence-corrected chi connectivity index (χ0v) is 16.7. The smallest absolute Gasteiger partial charge is 0.221 e. The maximum atomic E-state index is 13.2. The second-order valence-electron chi connectivity index (χ2n) is 6.63. The quantitative estimate of drug-likeness (QED) is 0.787. The molecule has 0 saturated carbocycles. The molecule has 2 aromatic rings. The molecule has 0 aromatic heterocycles. The van der Waals surface area contributed by atoms with Crippen molar-refractivity contribution in [2.45, 2.75) is 30.4 Å². The van der Waals surface area contributed by atoms with Crippen molar-refractivity contribution in [2.24, 2.45) is 0 Å². The largest absolute Gasteiger partial charge is 0.378 e. The van der Waals surface area contributed by atoms with Gasteiger partial charge in [-0.05, 0) is 48.9 Å². The zero-order chi connectivity index (χ0) is 20.2. The van der Waals surface area contributed by atoms with E-state index in [-0.39, 0.29) is 23.0 Å². The minimum atomic E-state index is -3.77. The molecule has 2 rings (SSSR count). The molecule has 0 spiro atoms. The Kier molecular flexibility index (Phi) is 6.38. The molecule has 1 atom stereocenters. The molecule has 0 fully saturated rings. The summed E-state index contributed by atoms with van der Waals surface area (Å²) in [6, 6.07) is 13.1. The average molecular weight is 388 g/mol. The Hall–Kier alpha value is -2.67. The van der Waals surface area contributed by atoms with Gasteiger partial charge in [-0.3, -0.25) is 9.59 Å². The number of Topliss-reactive ketones (excluding diaryl/α,β-unsaturated/α-hetero) is 1. The van der Waals surface area contributed by atoms with Crippen molar-refractivity contribution in [1.29, 1.82) is 0 Å². The Morgan fingerprint density at radius 3 is 1.96 bits per heavy atom. The first-order valence-electron chi connectivity index (χ1n) is 8.49. The minimum Gasteiger partial charge on any atom is -0.378 e. The summed E-state index contributed by atoms with van der Waals surface area (Å²) >= 11 is 0. The SMILES string of the molecule is CC(=O)CC(c1ccc(N(C)C)cc1)S(=O)(=O)c1ccc(NC(C)=O)cc1. The van der Waals surface area contributed by atoms with E-state index in [9.17, 15) is 18.0 Å². The molecular formula is C20H24N2O4S. The van der Waals surface area contributed by atoms with E-state index in [1.807, 2.05) is 31.1 Å². The second-order valence-corrected chi connectivity index (χ2v) is 8.76. The number of hydrogen-bond donors (Lipinski definition) is 1. The monoisotopic (exact) mass is 388 g/mol. The van der Waals surface area contributed by atoms with Crippen LogP contribution in [0.25, 0.3) is 0 Å². The van der Waals surface area contributed by atoms with Crippen LogP contribution in [0, 0.1) is 0 Å². The van der Waals surface area contributed by atoms with Crippen LogP contribution in [0.1, 0.15) is 31.1 Å². The molecular weight excluding hydrogens is 364 g/mol. The van der Waals surface area contributed by atoms with Crippen LogP contribution in [0.4, 0.5) is 11.4 Å². The molecule has 2 aromatic carbocycles. The highest BCUT2D eigenvalue weighted by atomic mass is 32.2. The predicted molar refractivity (Wildman–Crippen MR) is 107 cm³/mol. The van der Waals surface area contributed by atoms with E-state index in [4.69, 9.17) is 0 Å². The molecule has 0 saturated heterocycles. The maximum Gasteiger partial charge on any atom is 0.221 e. The number of ketones is 1. The Bertz CT molecular complexity index is 917. The number of sulfone groups is 1. The first-order chi connectivity index (χ1) is 12.6. The van der Waals surface area contributed by atoms with Gasteiger partial charge in [-0.25, -0.2) is 8.42 Å². The van der Waals surface area contributed by atoms with Gasteiger partial charge in [0.2, 0.25) is 5.91 Å². The molecule has 0 radical (unpaired) electrons. The maximum absolute atomic E-state index is 13.2. The van der Waals surface area contributed by atoms with Gasteiger partial charge in [0, 0.05) is 38.8 Å². The number of anilines is 2. The molecule has 0 aliphatic heterocycles. The highest BCUT2D eigenvalue weighted by molar-refractivity contribution is 7.91. The van der Waals surface area contributed by atoms with E-state index >= 15 is 0 Å². The van der Waals surface area contributed by atoms with Gasteiger partial charge in [0.25, 0.3) is 0 Å². The van der Waals surface area contributed by atoms with Crippen molar-refractivity contribution in [1.82, 2.24) is 0 Å². The summed E-state index contributed by atoms with van der Waals surface area (Å²) in [7, 11) is 0.0218. The van der Waals surface area contributed by atoms with Crippen LogP contribution in [0.3, 0.4) is 0 Å². The molecule has 0 aliphatic carbocycles. The number of carbonyl (C=O) groups excluding carboxylic acids is 2. The Morgan fingerprint density at radius 2 is 1.52 bits per heavy atom. The normalized spacial score (nSPS) is 12.3. The van der Waals surface area contributed by atoms with Gasteiger partial charge in [0.1, 0.15) is 5.78 Å². The van der Waals surface area contributed by atoms with Gasteiger partial charge in [-0.2, -0.15) is 0 Å². The Balaban J connectivity index is 2.41. The van der Waals surface area contributed by atoms with Crippen LogP contribution in [0.15, 0.2) is 53.4 Å². The molecule has 144 valence electrons. The first kappa shape index (κ1) is 20.6. The van der Waals surface area contributed by atoms with Crippen molar-refractivity contribution in [3.05, 3.63) is 54.1 Å². The molecule has 27 heavy (non-hydrogen) atoms. The summed E-state index contributed by atoms with van der Waals surface area (Å²) in [5.41, 5.74) is 2.03. The summed E-state index contributed by atoms with van der Waals surface area (Å²) in [6.07, 6.45) is -0.100. The van der Waals surface area contributed by atoms with Crippen LogP contribution in [0.5, 0.6) is 0 Å². The fraction of sp³-hybridized carbons (Fsp3) is 0.300. The fourth-order valence-corrected chi connectivity index (χ4v) is 4.56. The van der Waals surface area contributed by atoms with E-state index in [0.717, 1.165) is 5.69 Å². The van der Waals surface area contributed by atoms with Crippen LogP contribution < -0.4 is 10.2 Å². The first-order valence-corrected chi connectivity index (χ1v) is 10.0. The van der Waals surface area contributed by atoms with Gasteiger partial charge in [-0.15, -0.1) is 0 Å². The number of hydrogen-bond acceptors (Lipinski definition) is 5. The molecule has 7 heteroatoms. The molecule has 6 nitrogen and oxygen atoms in total. The summed E-state index contributed by atoms with van der Waals surface area (Å²) in [6.45, 7) is 2.77. The molecule has 0 heterocycles. The number of nitrogens with one attached hydrogen (secondary N) is 1. The van der Waals surface area contributed by atoms with Crippen molar-refractivity contribution in [3.8, 4) is 0 Å². The van der Waals surface area contributed by atoms with Crippen molar-refractivity contribution >= 4 is 32.9 Å². The van der Waals surface area contributed by atoms with Crippen molar-refractivity contribution in [3.63, 3.8) is 0 Å². The molecule has 1 amide bonds. The number of carbonyl (C=O) groups is 2. The van der Waals surface area contributed by atoms with Crippen molar-refractivity contribution in [2.75, 3.05) is 24.3 Å². The highest BCUT2D eigenvalue weighted by Gasteiger charge is 2.30. The zero-order valence-electron chi connectivity index (χ0n) is 15.9. The fourth-order valence-electron chi connectivity index (χ4n) is 2.75. The van der Waals surface area contributed by atoms with Crippen LogP contribution in [0.2, 0.25) is 0 Å². The lowest BCUT2D eigenvalue weighted by Crippen LogP contribution is -2.17. The van der Waals surface area contributed by atoms with E-state index in [2.05, 4.69) is 5.32 Å². The summed E-state index contributed by atoms with van der Waals surface area (Å²) in [5, 5.41) is 1.64. The van der Waals surface area contributed by atoms with Crippen LogP contribution >= 0.6 is 0 Å². The van der Waals surface area contributed by atoms with E-state index in [1.165, 1.54) is 38.1 Å². The van der Waals surface area contributed by atoms with E-state index in [0.29, 0.717) is 11.3 Å². The number of amides is 1. The lowest BCUT2D eigenvalue weighted by Gasteiger charge is -2.19. The number of nitrogens with zero attached hydrogens (tertiary/aromatic N) is 1. The third-order valence-corrected chi connectivity index (χ3v) is 6.25. The van der Waals surface area contributed by atoms with Crippen molar-refractivity contribution < 1.29 is 18.0 Å². The van der Waals surface area contributed by atoms with Gasteiger partial charge in [0.15, 0.2) is 9.84 Å². The minimum absolute atomic E-state index is 0.100. The summed E-state index contributed by atoms with van der Waals surface area (Å²) in [4.78, 5) is 24.9. The number of benzene rings is 2. The Morgan fingerprint density at radius 1 is 0.963 bits per heavy atom.